The third-order valence-corrected chi connectivity index (χ3v) is 8.51. The van der Waals surface area contributed by atoms with E-state index in [1.807, 2.05) is 0 Å². The molecule has 2 aromatic carbocycles. The van der Waals surface area contributed by atoms with Crippen LogP contribution in [-0.2, 0) is 35.0 Å². The molecule has 0 bridgehead atoms. The van der Waals surface area contributed by atoms with E-state index in [4.69, 9.17) is 14.0 Å². The van der Waals surface area contributed by atoms with Gasteiger partial charge in [-0.1, -0.05) is 44.2 Å². The first kappa shape index (κ1) is 32.6. The molecule has 16 heteroatoms. The zero-order valence-corrected chi connectivity index (χ0v) is 24.3. The van der Waals surface area contributed by atoms with Gasteiger partial charge in [0.15, 0.2) is 0 Å². The molecule has 226 valence electrons. The molecule has 0 spiro atoms. The highest BCUT2D eigenvalue weighted by molar-refractivity contribution is 7.89. The maximum atomic E-state index is 13.7. The number of nitro benzene ring substituents is 1. The zero-order valence-electron chi connectivity index (χ0n) is 22.6. The van der Waals surface area contributed by atoms with Crippen LogP contribution in [0.3, 0.4) is 0 Å². The molecule has 0 aromatic heterocycles. The molecular formula is C25H34N3O11PS. The number of non-ortho nitro benzene ring substituents is 1. The Bertz CT molecular complexity index is 1310. The summed E-state index contributed by atoms with van der Waals surface area (Å²) in [6.45, 7) is 3.47. The van der Waals surface area contributed by atoms with Crippen molar-refractivity contribution in [2.45, 2.75) is 49.8 Å². The number of ether oxygens (including phenoxy) is 2. The SMILES string of the molecule is CC(C)CN(CC(OP(=O)(O)O)C(Cc1ccccc1)NC(=O)OC1CCOC1)S(=O)(=O)c1ccc([N+](=O)[O-])cc1. The Morgan fingerprint density at radius 2 is 1.83 bits per heavy atom. The van der Waals surface area contributed by atoms with Gasteiger partial charge in [-0.25, -0.2) is 17.8 Å². The van der Waals surface area contributed by atoms with Crippen LogP contribution < -0.4 is 5.32 Å². The smallest absolute Gasteiger partial charge is 0.444 e. The van der Waals surface area contributed by atoms with Crippen LogP contribution in [0.1, 0.15) is 25.8 Å². The number of hydrogen-bond acceptors (Lipinski definition) is 9. The Hall–Kier alpha value is -2.91. The van der Waals surface area contributed by atoms with Gasteiger partial charge in [0, 0.05) is 31.6 Å². The molecule has 1 aliphatic heterocycles. The number of rotatable bonds is 14. The summed E-state index contributed by atoms with van der Waals surface area (Å²) in [5.41, 5.74) is 0.371. The second kappa shape index (κ2) is 14.3. The van der Waals surface area contributed by atoms with Crippen molar-refractivity contribution in [2.75, 3.05) is 26.3 Å². The summed E-state index contributed by atoms with van der Waals surface area (Å²) in [5.74, 6) is -0.230. The molecule has 3 unspecified atom stereocenters. The van der Waals surface area contributed by atoms with Crippen molar-refractivity contribution in [1.82, 2.24) is 9.62 Å². The summed E-state index contributed by atoms with van der Waals surface area (Å²) >= 11 is 0. The summed E-state index contributed by atoms with van der Waals surface area (Å²) in [5, 5.41) is 13.6. The van der Waals surface area contributed by atoms with E-state index in [2.05, 4.69) is 5.32 Å². The van der Waals surface area contributed by atoms with E-state index in [1.165, 1.54) is 0 Å². The molecule has 1 aliphatic rings. The lowest BCUT2D eigenvalue weighted by Crippen LogP contribution is -2.52. The van der Waals surface area contributed by atoms with Crippen LogP contribution >= 0.6 is 7.82 Å². The summed E-state index contributed by atoms with van der Waals surface area (Å²) in [6, 6.07) is 11.8. The number of amides is 1. The van der Waals surface area contributed by atoms with Gasteiger partial charge in [0.1, 0.15) is 12.2 Å². The fraction of sp³-hybridized carbons (Fsp3) is 0.480. The van der Waals surface area contributed by atoms with Gasteiger partial charge in [0.25, 0.3) is 5.69 Å². The van der Waals surface area contributed by atoms with Crippen LogP contribution in [0.4, 0.5) is 10.5 Å². The number of hydrogen-bond donors (Lipinski definition) is 3. The quantitative estimate of drug-likeness (QED) is 0.161. The third-order valence-electron chi connectivity index (χ3n) is 6.12. The molecular weight excluding hydrogens is 581 g/mol. The Balaban J connectivity index is 1.97. The minimum Gasteiger partial charge on any atom is -0.444 e. The molecule has 41 heavy (non-hydrogen) atoms. The second-order valence-electron chi connectivity index (χ2n) is 9.93. The highest BCUT2D eigenvalue weighted by Gasteiger charge is 2.37. The lowest BCUT2D eigenvalue weighted by atomic mass is 10.0. The van der Waals surface area contributed by atoms with Crippen LogP contribution in [0, 0.1) is 16.0 Å². The first-order valence-electron chi connectivity index (χ1n) is 12.8. The fourth-order valence-corrected chi connectivity index (χ4v) is 6.45. The molecule has 1 heterocycles. The van der Waals surface area contributed by atoms with Crippen molar-refractivity contribution in [1.29, 1.82) is 0 Å². The summed E-state index contributed by atoms with van der Waals surface area (Å²) in [7, 11) is -9.52. The van der Waals surface area contributed by atoms with Crippen LogP contribution in [0.2, 0.25) is 0 Å². The van der Waals surface area contributed by atoms with Crippen molar-refractivity contribution in [3.8, 4) is 0 Å². The van der Waals surface area contributed by atoms with Crippen LogP contribution in [0.5, 0.6) is 0 Å². The molecule has 14 nitrogen and oxygen atoms in total. The van der Waals surface area contributed by atoms with Gasteiger partial charge >= 0.3 is 13.9 Å². The third kappa shape index (κ3) is 10.1. The molecule has 1 saturated heterocycles. The number of nitrogens with zero attached hydrogens (tertiary/aromatic N) is 2. The molecule has 1 amide bonds. The molecule has 0 aliphatic carbocycles. The molecule has 3 atom stereocenters. The number of carbonyl (C=O) groups is 1. The fourth-order valence-electron chi connectivity index (χ4n) is 4.26. The topological polar surface area (TPSA) is 195 Å². The summed E-state index contributed by atoms with van der Waals surface area (Å²) in [6.07, 6.45) is -2.41. The second-order valence-corrected chi connectivity index (χ2v) is 13.1. The predicted octanol–water partition coefficient (Wildman–Crippen LogP) is 2.85. The maximum Gasteiger partial charge on any atom is 0.469 e. The van der Waals surface area contributed by atoms with Crippen LogP contribution in [0.15, 0.2) is 59.5 Å². The molecule has 3 N–H and O–H groups in total. The van der Waals surface area contributed by atoms with Crippen molar-refractivity contribution >= 4 is 29.6 Å². The number of benzene rings is 2. The number of carbonyl (C=O) groups excluding carboxylic acids is 1. The molecule has 2 aromatic rings. The van der Waals surface area contributed by atoms with E-state index in [-0.39, 0.29) is 36.1 Å². The van der Waals surface area contributed by atoms with Crippen LogP contribution in [0.25, 0.3) is 0 Å². The lowest BCUT2D eigenvalue weighted by Gasteiger charge is -2.33. The number of phosphoric acid groups is 1. The number of sulfonamides is 1. The predicted molar refractivity (Wildman–Crippen MR) is 146 cm³/mol. The van der Waals surface area contributed by atoms with Crippen molar-refractivity contribution in [2.24, 2.45) is 5.92 Å². The van der Waals surface area contributed by atoms with Gasteiger partial charge < -0.3 is 24.6 Å². The molecule has 0 radical (unpaired) electrons. The van der Waals surface area contributed by atoms with Gasteiger partial charge in [0.05, 0.1) is 29.1 Å². The van der Waals surface area contributed by atoms with Gasteiger partial charge in [-0.05, 0) is 30.0 Å². The highest BCUT2D eigenvalue weighted by Crippen LogP contribution is 2.39. The molecule has 3 rings (SSSR count). The minimum absolute atomic E-state index is 0.0227. The lowest BCUT2D eigenvalue weighted by molar-refractivity contribution is -0.384. The zero-order chi connectivity index (χ0) is 30.2. The summed E-state index contributed by atoms with van der Waals surface area (Å²) < 4.78 is 56.1. The average Bonchev–Trinajstić information content (AvgIpc) is 3.40. The first-order valence-corrected chi connectivity index (χ1v) is 15.8. The normalized spacial score (nSPS) is 17.4. The van der Waals surface area contributed by atoms with Gasteiger partial charge in [-0.2, -0.15) is 4.31 Å². The van der Waals surface area contributed by atoms with Gasteiger partial charge in [-0.3, -0.25) is 14.6 Å². The van der Waals surface area contributed by atoms with E-state index < -0.39 is 53.7 Å². The average molecular weight is 616 g/mol. The summed E-state index contributed by atoms with van der Waals surface area (Å²) in [4.78, 5) is 42.5. The van der Waals surface area contributed by atoms with Gasteiger partial charge in [0.2, 0.25) is 10.0 Å². The Kier molecular flexibility index (Phi) is 11.4. The molecule has 0 saturated carbocycles. The largest absolute Gasteiger partial charge is 0.469 e. The Morgan fingerprint density at radius 3 is 2.37 bits per heavy atom. The highest BCUT2D eigenvalue weighted by atomic mass is 32.2. The van der Waals surface area contributed by atoms with Crippen molar-refractivity contribution in [3.05, 3.63) is 70.3 Å². The Morgan fingerprint density at radius 1 is 1.17 bits per heavy atom. The van der Waals surface area contributed by atoms with E-state index in [0.717, 1.165) is 28.6 Å². The van der Waals surface area contributed by atoms with Gasteiger partial charge in [-0.15, -0.1) is 0 Å². The number of phosphoric ester groups is 1. The van der Waals surface area contributed by atoms with Crippen molar-refractivity contribution in [3.63, 3.8) is 0 Å². The number of alkyl carbamates (subject to hydrolysis) is 1. The standard InChI is InChI=1S/C25H34N3O11PS/c1-18(2)15-27(41(35,36)22-10-8-20(9-11-22)28(30)31)16-24(39-40(32,33)34)23(14-19-6-4-3-5-7-19)26-25(29)38-21-12-13-37-17-21/h3-11,18,21,23-24H,12-17H2,1-2H3,(H,26,29)(H2,32,33,34). The van der Waals surface area contributed by atoms with E-state index >= 15 is 0 Å². The maximum absolute atomic E-state index is 13.7. The number of nitrogens with one attached hydrogen (secondary N) is 1. The van der Waals surface area contributed by atoms with Crippen LogP contribution in [-0.4, -0.2) is 78.1 Å². The van der Waals surface area contributed by atoms with Crippen molar-refractivity contribution < 1.29 is 46.5 Å². The molecule has 1 fully saturated rings. The Labute approximate surface area is 238 Å². The van der Waals surface area contributed by atoms with E-state index in [0.29, 0.717) is 18.6 Å². The number of nitro groups is 1. The first-order chi connectivity index (χ1) is 19.2. The van der Waals surface area contributed by atoms with E-state index in [1.54, 1.807) is 44.2 Å². The monoisotopic (exact) mass is 615 g/mol. The minimum atomic E-state index is -5.19. The van der Waals surface area contributed by atoms with E-state index in [9.17, 15) is 37.7 Å².